The molecule has 15 heavy (non-hydrogen) atoms. The van der Waals surface area contributed by atoms with E-state index in [1.807, 2.05) is 0 Å². The largest absolute Gasteiger partial charge is 0.461 e. The molecule has 0 aliphatic rings. The van der Waals surface area contributed by atoms with Crippen molar-refractivity contribution >= 4 is 29.2 Å². The number of hydrogen-bond donors (Lipinski definition) is 2. The zero-order chi connectivity index (χ0) is 11.8. The monoisotopic (exact) mass is 260 g/mol. The number of esters is 1. The molecular weight excluding hydrogens is 247 g/mol. The number of carbonyl (C=O) groups excluding carboxylic acids is 1. The van der Waals surface area contributed by atoms with E-state index in [0.717, 1.165) is 0 Å². The highest BCUT2D eigenvalue weighted by Gasteiger charge is 2.22. The Hall–Kier alpha value is -0.0700. The molecule has 0 aromatic heterocycles. The summed E-state index contributed by atoms with van der Waals surface area (Å²) in [5.74, 6) is -0.812. The van der Waals surface area contributed by atoms with Gasteiger partial charge in [-0.25, -0.2) is 4.79 Å². The molecule has 0 aromatic rings. The van der Waals surface area contributed by atoms with Gasteiger partial charge in [-0.2, -0.15) is 0 Å². The Labute approximate surface area is 97.9 Å². The van der Waals surface area contributed by atoms with Crippen molar-refractivity contribution < 1.29 is 24.5 Å². The van der Waals surface area contributed by atoms with Crippen molar-refractivity contribution in [1.82, 2.24) is 0 Å². The summed E-state index contributed by atoms with van der Waals surface area (Å²) in [6, 6.07) is 0. The number of carbonyl (C=O) groups is 1. The first-order valence-corrected chi connectivity index (χ1v) is 5.25. The van der Waals surface area contributed by atoms with Gasteiger partial charge in [0.1, 0.15) is 19.5 Å². The zero-order valence-corrected chi connectivity index (χ0v) is 9.74. The lowest BCUT2D eigenvalue weighted by Crippen LogP contribution is -2.35. The first-order chi connectivity index (χ1) is 7.02. The van der Waals surface area contributed by atoms with Gasteiger partial charge in [-0.3, -0.25) is 0 Å². The van der Waals surface area contributed by atoms with E-state index in [2.05, 4.69) is 4.74 Å². The number of aliphatic hydroxyl groups is 2. The standard InChI is InChI=1S/C8H14Cl2O5/c1-2-5(12)6(15-4-11)3-14-8(13)7(9)10/h5-7,11-12H,2-4H2,1H3/t5-,6?/m0/s1. The maximum atomic E-state index is 10.9. The van der Waals surface area contributed by atoms with Gasteiger partial charge in [0.15, 0.2) is 0 Å². The lowest BCUT2D eigenvalue weighted by atomic mass is 10.2. The van der Waals surface area contributed by atoms with Crippen molar-refractivity contribution in [2.45, 2.75) is 30.4 Å². The highest BCUT2D eigenvalue weighted by Crippen LogP contribution is 2.08. The van der Waals surface area contributed by atoms with Crippen LogP contribution in [0.15, 0.2) is 0 Å². The van der Waals surface area contributed by atoms with Crippen molar-refractivity contribution in [2.75, 3.05) is 13.4 Å². The van der Waals surface area contributed by atoms with Crippen LogP contribution in [0.5, 0.6) is 0 Å². The number of hydrogen-bond acceptors (Lipinski definition) is 5. The van der Waals surface area contributed by atoms with Gasteiger partial charge in [0, 0.05) is 0 Å². The Morgan fingerprint density at radius 2 is 2.07 bits per heavy atom. The van der Waals surface area contributed by atoms with Gasteiger partial charge in [0.25, 0.3) is 0 Å². The molecule has 0 rings (SSSR count). The van der Waals surface area contributed by atoms with Gasteiger partial charge in [0.05, 0.1) is 6.10 Å². The lowest BCUT2D eigenvalue weighted by Gasteiger charge is -2.21. The minimum atomic E-state index is -1.27. The molecule has 0 saturated carbocycles. The summed E-state index contributed by atoms with van der Waals surface area (Å²) >= 11 is 10.5. The molecule has 0 aliphatic carbocycles. The highest BCUT2D eigenvalue weighted by molar-refractivity contribution is 6.52. The van der Waals surface area contributed by atoms with Crippen LogP contribution in [0.1, 0.15) is 13.3 Å². The van der Waals surface area contributed by atoms with Gasteiger partial charge in [-0.05, 0) is 6.42 Å². The summed E-state index contributed by atoms with van der Waals surface area (Å²) < 4.78 is 9.41. The second-order valence-corrected chi connectivity index (χ2v) is 3.84. The van der Waals surface area contributed by atoms with E-state index in [1.54, 1.807) is 6.92 Å². The van der Waals surface area contributed by atoms with Crippen molar-refractivity contribution in [2.24, 2.45) is 0 Å². The summed E-state index contributed by atoms with van der Waals surface area (Å²) in [5, 5.41) is 17.9. The molecule has 2 atom stereocenters. The molecule has 0 aromatic carbocycles. The predicted octanol–water partition coefficient (Wildman–Crippen LogP) is 0.439. The molecule has 0 fully saturated rings. The fraction of sp³-hybridized carbons (Fsp3) is 0.875. The van der Waals surface area contributed by atoms with Crippen molar-refractivity contribution in [3.8, 4) is 0 Å². The lowest BCUT2D eigenvalue weighted by molar-refractivity contribution is -0.156. The Balaban J connectivity index is 4.00. The molecule has 0 amide bonds. The third-order valence-electron chi connectivity index (χ3n) is 1.70. The van der Waals surface area contributed by atoms with Gasteiger partial charge in [0.2, 0.25) is 4.84 Å². The molecule has 0 aliphatic heterocycles. The Morgan fingerprint density at radius 3 is 2.47 bits per heavy atom. The highest BCUT2D eigenvalue weighted by atomic mass is 35.5. The third kappa shape index (κ3) is 6.17. The molecule has 90 valence electrons. The van der Waals surface area contributed by atoms with E-state index in [1.165, 1.54) is 0 Å². The number of halogens is 2. The Morgan fingerprint density at radius 1 is 1.47 bits per heavy atom. The fourth-order valence-corrected chi connectivity index (χ4v) is 0.982. The first kappa shape index (κ1) is 14.9. The smallest absolute Gasteiger partial charge is 0.339 e. The average Bonchev–Trinajstić information content (AvgIpc) is 2.22. The summed E-state index contributed by atoms with van der Waals surface area (Å²) in [7, 11) is 0. The van der Waals surface area contributed by atoms with Gasteiger partial charge in [-0.15, -0.1) is 0 Å². The average molecular weight is 261 g/mol. The van der Waals surface area contributed by atoms with Crippen LogP contribution in [0.2, 0.25) is 0 Å². The van der Waals surface area contributed by atoms with Crippen LogP contribution in [0.25, 0.3) is 0 Å². The van der Waals surface area contributed by atoms with E-state index in [4.69, 9.17) is 33.0 Å². The van der Waals surface area contributed by atoms with E-state index >= 15 is 0 Å². The van der Waals surface area contributed by atoms with Crippen LogP contribution in [-0.4, -0.2) is 46.6 Å². The molecule has 7 heteroatoms. The Bertz CT molecular complexity index is 188. The Kier molecular flexibility index (Phi) is 8.09. The normalized spacial score (nSPS) is 15.1. The zero-order valence-electron chi connectivity index (χ0n) is 8.23. The van der Waals surface area contributed by atoms with E-state index in [-0.39, 0.29) is 6.61 Å². The quantitative estimate of drug-likeness (QED) is 0.395. The summed E-state index contributed by atoms with van der Waals surface area (Å²) in [5.41, 5.74) is 0. The van der Waals surface area contributed by atoms with Crippen LogP contribution >= 0.6 is 23.2 Å². The van der Waals surface area contributed by atoms with Gasteiger partial charge < -0.3 is 19.7 Å². The first-order valence-electron chi connectivity index (χ1n) is 4.38. The fourth-order valence-electron chi connectivity index (χ4n) is 0.856. The van der Waals surface area contributed by atoms with Crippen LogP contribution in [0.4, 0.5) is 0 Å². The van der Waals surface area contributed by atoms with Crippen LogP contribution < -0.4 is 0 Å². The van der Waals surface area contributed by atoms with Gasteiger partial charge >= 0.3 is 5.97 Å². The van der Waals surface area contributed by atoms with Crippen LogP contribution in [0.3, 0.4) is 0 Å². The maximum absolute atomic E-state index is 10.9. The molecule has 0 spiro atoms. The SMILES string of the molecule is CC[C@H](O)C(COC(=O)C(Cl)Cl)OCO. The topological polar surface area (TPSA) is 76.0 Å². The van der Waals surface area contributed by atoms with Gasteiger partial charge in [-0.1, -0.05) is 30.1 Å². The van der Waals surface area contributed by atoms with E-state index < -0.39 is 29.8 Å². The molecule has 0 heterocycles. The van der Waals surface area contributed by atoms with E-state index in [9.17, 15) is 9.90 Å². The summed E-state index contributed by atoms with van der Waals surface area (Å²) in [6.07, 6.45) is -1.20. The molecule has 5 nitrogen and oxygen atoms in total. The summed E-state index contributed by atoms with van der Waals surface area (Å²) in [4.78, 5) is 9.61. The molecule has 1 unspecified atom stereocenters. The molecule has 0 bridgehead atoms. The second kappa shape index (κ2) is 8.13. The molecule has 0 radical (unpaired) electrons. The minimum Gasteiger partial charge on any atom is -0.461 e. The number of ether oxygens (including phenoxy) is 2. The third-order valence-corrected chi connectivity index (χ3v) is 2.06. The van der Waals surface area contributed by atoms with Crippen LogP contribution in [-0.2, 0) is 14.3 Å². The van der Waals surface area contributed by atoms with Crippen LogP contribution in [0, 0.1) is 0 Å². The second-order valence-electron chi connectivity index (χ2n) is 2.74. The van der Waals surface area contributed by atoms with E-state index in [0.29, 0.717) is 6.42 Å². The van der Waals surface area contributed by atoms with Crippen molar-refractivity contribution in [3.63, 3.8) is 0 Å². The van der Waals surface area contributed by atoms with Crippen molar-refractivity contribution in [1.29, 1.82) is 0 Å². The molecular formula is C8H14Cl2O5. The molecule has 0 saturated heterocycles. The maximum Gasteiger partial charge on any atom is 0.339 e. The summed E-state index contributed by atoms with van der Waals surface area (Å²) in [6.45, 7) is 0.959. The number of aliphatic hydroxyl groups excluding tert-OH is 2. The molecule has 2 N–H and O–H groups in total. The number of alkyl halides is 2. The predicted molar refractivity (Wildman–Crippen MR) is 54.7 cm³/mol. The minimum absolute atomic E-state index is 0.204. The van der Waals surface area contributed by atoms with Crippen molar-refractivity contribution in [3.05, 3.63) is 0 Å². The number of rotatable bonds is 7.